The van der Waals surface area contributed by atoms with E-state index in [-0.39, 0.29) is 18.6 Å². The molecule has 0 aliphatic carbocycles. The number of aryl methyl sites for hydroxylation is 1. The maximum atomic E-state index is 12.1. The second-order valence-corrected chi connectivity index (χ2v) is 6.85. The average Bonchev–Trinajstić information content (AvgIpc) is 2.63. The van der Waals surface area contributed by atoms with Crippen LogP contribution in [0.15, 0.2) is 59.1 Å². The first-order chi connectivity index (χ1) is 12.5. The minimum absolute atomic E-state index is 0.0981. The lowest BCUT2D eigenvalue weighted by Crippen LogP contribution is -2.32. The van der Waals surface area contributed by atoms with E-state index in [2.05, 4.69) is 21.2 Å². The molecule has 0 unspecified atom stereocenters. The average molecular weight is 416 g/mol. The van der Waals surface area contributed by atoms with Gasteiger partial charge in [-0.1, -0.05) is 64.8 Å². The summed E-state index contributed by atoms with van der Waals surface area (Å²) in [4.78, 5) is 23.8. The number of nitrogens with one attached hydrogen (secondary N) is 1. The van der Waals surface area contributed by atoms with Gasteiger partial charge in [-0.05, 0) is 42.7 Å². The van der Waals surface area contributed by atoms with Crippen LogP contribution >= 0.6 is 15.9 Å². The maximum absolute atomic E-state index is 12.1. The highest BCUT2D eigenvalue weighted by atomic mass is 79.9. The zero-order valence-corrected chi connectivity index (χ0v) is 16.5. The first kappa shape index (κ1) is 19.9. The Hall–Kier alpha value is -2.40. The Morgan fingerprint density at radius 2 is 1.92 bits per heavy atom. The number of hydrogen-bond acceptors (Lipinski definition) is 3. The molecule has 0 bridgehead atoms. The molecule has 26 heavy (non-hydrogen) atoms. The van der Waals surface area contributed by atoms with Gasteiger partial charge in [0.2, 0.25) is 0 Å². The van der Waals surface area contributed by atoms with Gasteiger partial charge in [0.05, 0.1) is 6.04 Å². The van der Waals surface area contributed by atoms with Crippen LogP contribution in [-0.4, -0.2) is 18.5 Å². The summed E-state index contributed by atoms with van der Waals surface area (Å²) in [6, 6.07) is 15.4. The summed E-state index contributed by atoms with van der Waals surface area (Å²) in [6.07, 6.45) is 3.71. The largest absolute Gasteiger partial charge is 0.452 e. The molecule has 1 atom stereocenters. The summed E-state index contributed by atoms with van der Waals surface area (Å²) in [7, 11) is 0. The molecule has 5 heteroatoms. The molecule has 4 nitrogen and oxygen atoms in total. The van der Waals surface area contributed by atoms with E-state index in [1.54, 1.807) is 6.08 Å². The van der Waals surface area contributed by atoms with Crippen molar-refractivity contribution in [2.45, 2.75) is 26.3 Å². The molecule has 136 valence electrons. The van der Waals surface area contributed by atoms with Crippen molar-refractivity contribution in [1.82, 2.24) is 5.32 Å². The van der Waals surface area contributed by atoms with E-state index in [9.17, 15) is 9.59 Å². The zero-order chi connectivity index (χ0) is 18.9. The van der Waals surface area contributed by atoms with E-state index < -0.39 is 5.97 Å². The monoisotopic (exact) mass is 415 g/mol. The highest BCUT2D eigenvalue weighted by Crippen LogP contribution is 2.17. The molecule has 1 N–H and O–H groups in total. The highest BCUT2D eigenvalue weighted by Gasteiger charge is 2.13. The van der Waals surface area contributed by atoms with E-state index in [0.29, 0.717) is 0 Å². The van der Waals surface area contributed by atoms with Gasteiger partial charge in [0, 0.05) is 10.5 Å². The molecule has 0 heterocycles. The fourth-order valence-corrected chi connectivity index (χ4v) is 2.83. The van der Waals surface area contributed by atoms with E-state index in [1.165, 1.54) is 11.6 Å². The number of amides is 1. The third-order valence-corrected chi connectivity index (χ3v) is 4.32. The van der Waals surface area contributed by atoms with Crippen molar-refractivity contribution in [3.8, 4) is 0 Å². The number of carbonyl (C=O) groups is 2. The Balaban J connectivity index is 1.83. The SMILES string of the molecule is CC[C@@H](NC(=O)COC(=O)/C=C/c1cccc(Br)c1)c1ccc(C)cc1. The van der Waals surface area contributed by atoms with Gasteiger partial charge in [0.25, 0.3) is 5.91 Å². The van der Waals surface area contributed by atoms with Crippen molar-refractivity contribution in [1.29, 1.82) is 0 Å². The van der Waals surface area contributed by atoms with Crippen LogP contribution < -0.4 is 5.32 Å². The van der Waals surface area contributed by atoms with Gasteiger partial charge < -0.3 is 10.1 Å². The van der Waals surface area contributed by atoms with Gasteiger partial charge >= 0.3 is 5.97 Å². The van der Waals surface area contributed by atoms with Crippen molar-refractivity contribution in [2.24, 2.45) is 0 Å². The van der Waals surface area contributed by atoms with Crippen molar-refractivity contribution >= 4 is 33.9 Å². The molecule has 2 rings (SSSR count). The van der Waals surface area contributed by atoms with E-state index >= 15 is 0 Å². The van der Waals surface area contributed by atoms with E-state index in [0.717, 1.165) is 22.0 Å². The molecule has 0 saturated carbocycles. The van der Waals surface area contributed by atoms with Crippen molar-refractivity contribution in [2.75, 3.05) is 6.61 Å². The van der Waals surface area contributed by atoms with Gasteiger partial charge in [-0.25, -0.2) is 4.79 Å². The van der Waals surface area contributed by atoms with Crippen LogP contribution in [0.4, 0.5) is 0 Å². The fourth-order valence-electron chi connectivity index (χ4n) is 2.42. The minimum Gasteiger partial charge on any atom is -0.452 e. The van der Waals surface area contributed by atoms with E-state index in [4.69, 9.17) is 4.74 Å². The third kappa shape index (κ3) is 6.48. The fraction of sp³-hybridized carbons (Fsp3) is 0.238. The van der Waals surface area contributed by atoms with Crippen LogP contribution in [0.5, 0.6) is 0 Å². The second-order valence-electron chi connectivity index (χ2n) is 5.94. The third-order valence-electron chi connectivity index (χ3n) is 3.83. The quantitative estimate of drug-likeness (QED) is 0.531. The lowest BCUT2D eigenvalue weighted by Gasteiger charge is -2.17. The Bertz CT molecular complexity index is 784. The number of halogens is 1. The summed E-state index contributed by atoms with van der Waals surface area (Å²) < 4.78 is 5.93. The number of hydrogen-bond donors (Lipinski definition) is 1. The van der Waals surface area contributed by atoms with Gasteiger partial charge in [-0.2, -0.15) is 0 Å². The molecule has 0 radical (unpaired) electrons. The number of carbonyl (C=O) groups excluding carboxylic acids is 2. The lowest BCUT2D eigenvalue weighted by atomic mass is 10.0. The first-order valence-corrected chi connectivity index (χ1v) is 9.23. The van der Waals surface area contributed by atoms with Gasteiger partial charge in [0.15, 0.2) is 6.61 Å². The standard InChI is InChI=1S/C21H22BrNO3/c1-3-19(17-10-7-15(2)8-11-17)23-20(24)14-26-21(25)12-9-16-5-4-6-18(22)13-16/h4-13,19H,3,14H2,1-2H3,(H,23,24)/b12-9+/t19-/m1/s1. The molecule has 2 aromatic rings. The molecule has 1 amide bonds. The second kappa shape index (κ2) is 9.92. The first-order valence-electron chi connectivity index (χ1n) is 8.44. The molecular weight excluding hydrogens is 394 g/mol. The summed E-state index contributed by atoms with van der Waals surface area (Å²) in [5.74, 6) is -0.870. The number of benzene rings is 2. The topological polar surface area (TPSA) is 55.4 Å². The van der Waals surface area contributed by atoms with Crippen molar-refractivity contribution in [3.63, 3.8) is 0 Å². The maximum Gasteiger partial charge on any atom is 0.331 e. The van der Waals surface area contributed by atoms with Gasteiger partial charge in [-0.3, -0.25) is 4.79 Å². The van der Waals surface area contributed by atoms with Crippen LogP contribution in [0.25, 0.3) is 6.08 Å². The van der Waals surface area contributed by atoms with Crippen LogP contribution in [0.1, 0.15) is 36.1 Å². The molecule has 0 fully saturated rings. The highest BCUT2D eigenvalue weighted by molar-refractivity contribution is 9.10. The Morgan fingerprint density at radius 1 is 1.19 bits per heavy atom. The van der Waals surface area contributed by atoms with Crippen LogP contribution in [0, 0.1) is 6.92 Å². The molecular formula is C21H22BrNO3. The summed E-state index contributed by atoms with van der Waals surface area (Å²) in [6.45, 7) is 3.71. The molecule has 0 aliphatic heterocycles. The normalized spacial score (nSPS) is 12.0. The molecule has 0 aliphatic rings. The van der Waals surface area contributed by atoms with Crippen LogP contribution in [-0.2, 0) is 14.3 Å². The van der Waals surface area contributed by atoms with Crippen molar-refractivity contribution < 1.29 is 14.3 Å². The summed E-state index contributed by atoms with van der Waals surface area (Å²) in [5, 5.41) is 2.89. The number of ether oxygens (including phenoxy) is 1. The number of rotatable bonds is 7. The van der Waals surface area contributed by atoms with Gasteiger partial charge in [0.1, 0.15) is 0 Å². The number of esters is 1. The molecule has 0 saturated heterocycles. The molecule has 0 aromatic heterocycles. The van der Waals surface area contributed by atoms with Gasteiger partial charge in [-0.15, -0.1) is 0 Å². The predicted molar refractivity (Wildman–Crippen MR) is 106 cm³/mol. The van der Waals surface area contributed by atoms with E-state index in [1.807, 2.05) is 62.4 Å². The van der Waals surface area contributed by atoms with Crippen LogP contribution in [0.3, 0.4) is 0 Å². The lowest BCUT2D eigenvalue weighted by molar-refractivity contribution is -0.144. The Kier molecular flexibility index (Phi) is 7.60. The summed E-state index contributed by atoms with van der Waals surface area (Å²) >= 11 is 3.37. The van der Waals surface area contributed by atoms with Crippen molar-refractivity contribution in [3.05, 3.63) is 75.8 Å². The predicted octanol–water partition coefficient (Wildman–Crippen LogP) is 4.58. The smallest absolute Gasteiger partial charge is 0.331 e. The Labute approximate surface area is 162 Å². The minimum atomic E-state index is -0.552. The Morgan fingerprint density at radius 3 is 2.58 bits per heavy atom. The molecule has 2 aromatic carbocycles. The molecule has 0 spiro atoms. The summed E-state index contributed by atoms with van der Waals surface area (Å²) in [5.41, 5.74) is 3.07. The van der Waals surface area contributed by atoms with Crippen LogP contribution in [0.2, 0.25) is 0 Å². The zero-order valence-electron chi connectivity index (χ0n) is 14.9.